The van der Waals surface area contributed by atoms with E-state index in [2.05, 4.69) is 0 Å². The molecule has 1 aliphatic carbocycles. The van der Waals surface area contributed by atoms with E-state index in [1.807, 2.05) is 43.3 Å². The molecule has 1 aliphatic rings. The molecule has 0 saturated heterocycles. The molecule has 7 nitrogen and oxygen atoms in total. The van der Waals surface area contributed by atoms with Crippen LogP contribution in [0.1, 0.15) is 61.7 Å². The molecule has 1 aromatic carbocycles. The number of carboxylic acid groups (broad SMARTS) is 1. The van der Waals surface area contributed by atoms with Gasteiger partial charge in [-0.25, -0.2) is 0 Å². The van der Waals surface area contributed by atoms with Crippen LogP contribution in [0, 0.1) is 0 Å². The van der Waals surface area contributed by atoms with Crippen LogP contribution in [-0.4, -0.2) is 50.1 Å². The van der Waals surface area contributed by atoms with Crippen molar-refractivity contribution in [2.45, 2.75) is 63.5 Å². The lowest BCUT2D eigenvalue weighted by atomic mass is 9.97. The highest BCUT2D eigenvalue weighted by atomic mass is 16.4. The molecule has 1 aromatic rings. The molecule has 1 unspecified atom stereocenters. The fourth-order valence-electron chi connectivity index (χ4n) is 2.62. The molecular formula is C21H38N4O3. The second-order valence-electron chi connectivity index (χ2n) is 7.23. The van der Waals surface area contributed by atoms with Gasteiger partial charge in [0.25, 0.3) is 0 Å². The van der Waals surface area contributed by atoms with Crippen molar-refractivity contribution in [1.29, 1.82) is 0 Å². The maximum atomic E-state index is 10.3. The third-order valence-electron chi connectivity index (χ3n) is 4.48. The smallest absolute Gasteiger partial charge is 0.320 e. The standard InChI is InChI=1S/C9H11NO.C6H14N2O2.C6H13N/c1-10(2)9-5-3-8(7-11)4-6-9;7-4-2-1-3-5(8)6(9)10;7-6-4-2-1-3-5-6/h3-7H,1-2H3;5H,1-4,7-8H2,(H,9,10);6H,1-5,7H2. The predicted octanol–water partition coefficient (Wildman–Crippen LogP) is 2.37. The molecule has 0 aromatic heterocycles. The van der Waals surface area contributed by atoms with E-state index in [0.717, 1.165) is 30.4 Å². The second kappa shape index (κ2) is 16.0. The van der Waals surface area contributed by atoms with Gasteiger partial charge in [-0.3, -0.25) is 9.59 Å². The molecule has 1 saturated carbocycles. The van der Waals surface area contributed by atoms with Gasteiger partial charge in [-0.1, -0.05) is 25.7 Å². The molecule has 1 atom stereocenters. The lowest BCUT2D eigenvalue weighted by molar-refractivity contribution is -0.138. The van der Waals surface area contributed by atoms with Crippen LogP contribution in [0.25, 0.3) is 0 Å². The van der Waals surface area contributed by atoms with E-state index in [1.54, 1.807) is 0 Å². The molecule has 2 rings (SSSR count). The van der Waals surface area contributed by atoms with Gasteiger partial charge < -0.3 is 27.2 Å². The van der Waals surface area contributed by atoms with E-state index in [4.69, 9.17) is 22.3 Å². The number of carboxylic acids is 1. The predicted molar refractivity (Wildman–Crippen MR) is 116 cm³/mol. The number of aliphatic carboxylic acids is 1. The Balaban J connectivity index is 0.000000400. The molecule has 1 fully saturated rings. The molecule has 0 aliphatic heterocycles. The third-order valence-corrected chi connectivity index (χ3v) is 4.48. The Kier molecular flexibility index (Phi) is 14.9. The number of hydrogen-bond acceptors (Lipinski definition) is 6. The maximum absolute atomic E-state index is 10.3. The van der Waals surface area contributed by atoms with Gasteiger partial charge >= 0.3 is 5.97 Å². The number of benzene rings is 1. The first-order chi connectivity index (χ1) is 13.3. The van der Waals surface area contributed by atoms with Gasteiger partial charge in [-0.15, -0.1) is 0 Å². The largest absolute Gasteiger partial charge is 0.480 e. The first-order valence-electron chi connectivity index (χ1n) is 9.98. The molecule has 0 amide bonds. The quantitative estimate of drug-likeness (QED) is 0.412. The topological polar surface area (TPSA) is 136 Å². The third kappa shape index (κ3) is 13.2. The number of aldehydes is 1. The van der Waals surface area contributed by atoms with Crippen LogP contribution in [-0.2, 0) is 4.79 Å². The Bertz CT molecular complexity index is 529. The first kappa shape index (κ1) is 26.0. The number of hydrogen-bond donors (Lipinski definition) is 4. The summed E-state index contributed by atoms with van der Waals surface area (Å²) in [5.74, 6) is -0.933. The average molecular weight is 395 g/mol. The normalized spacial score (nSPS) is 14.6. The Labute approximate surface area is 169 Å². The molecule has 0 heterocycles. The van der Waals surface area contributed by atoms with Gasteiger partial charge in [0, 0.05) is 31.4 Å². The van der Waals surface area contributed by atoms with Crippen LogP contribution in [0.3, 0.4) is 0 Å². The summed E-state index contributed by atoms with van der Waals surface area (Å²) in [6.07, 6.45) is 9.67. The Morgan fingerprint density at radius 3 is 2.11 bits per heavy atom. The van der Waals surface area contributed by atoms with E-state index in [9.17, 15) is 9.59 Å². The minimum absolute atomic E-state index is 0.520. The minimum atomic E-state index is -0.933. The lowest BCUT2D eigenvalue weighted by Gasteiger charge is -2.15. The lowest BCUT2D eigenvalue weighted by Crippen LogP contribution is -2.29. The van der Waals surface area contributed by atoms with Crippen LogP contribution >= 0.6 is 0 Å². The molecule has 0 bridgehead atoms. The summed E-state index contributed by atoms with van der Waals surface area (Å²) in [5.41, 5.74) is 17.9. The molecular weight excluding hydrogens is 356 g/mol. The Morgan fingerprint density at radius 1 is 1.18 bits per heavy atom. The van der Waals surface area contributed by atoms with Crippen molar-refractivity contribution in [2.75, 3.05) is 25.5 Å². The summed E-state index contributed by atoms with van der Waals surface area (Å²) in [5, 5.41) is 8.33. The summed E-state index contributed by atoms with van der Waals surface area (Å²) in [4.78, 5) is 22.4. The van der Waals surface area contributed by atoms with Gasteiger partial charge in [0.05, 0.1) is 0 Å². The number of carbonyl (C=O) groups excluding carboxylic acids is 1. The molecule has 7 heteroatoms. The fraction of sp³-hybridized carbons (Fsp3) is 0.619. The van der Waals surface area contributed by atoms with Gasteiger partial charge in [0.1, 0.15) is 12.3 Å². The van der Waals surface area contributed by atoms with Crippen molar-refractivity contribution in [3.63, 3.8) is 0 Å². The molecule has 7 N–H and O–H groups in total. The minimum Gasteiger partial charge on any atom is -0.480 e. The zero-order chi connectivity index (χ0) is 21.4. The number of carbonyl (C=O) groups is 2. The van der Waals surface area contributed by atoms with Crippen molar-refractivity contribution in [2.24, 2.45) is 17.2 Å². The second-order valence-corrected chi connectivity index (χ2v) is 7.23. The van der Waals surface area contributed by atoms with E-state index >= 15 is 0 Å². The summed E-state index contributed by atoms with van der Waals surface area (Å²) in [7, 11) is 3.94. The number of nitrogens with zero attached hydrogens (tertiary/aromatic N) is 1. The summed E-state index contributed by atoms with van der Waals surface area (Å²) >= 11 is 0. The highest BCUT2D eigenvalue weighted by Gasteiger charge is 2.09. The highest BCUT2D eigenvalue weighted by molar-refractivity contribution is 5.75. The summed E-state index contributed by atoms with van der Waals surface area (Å²) < 4.78 is 0. The first-order valence-corrected chi connectivity index (χ1v) is 9.98. The van der Waals surface area contributed by atoms with Crippen LogP contribution in [0.4, 0.5) is 5.69 Å². The van der Waals surface area contributed by atoms with Gasteiger partial charge in [0.2, 0.25) is 0 Å². The number of unbranched alkanes of at least 4 members (excludes halogenated alkanes) is 1. The average Bonchev–Trinajstić information content (AvgIpc) is 2.69. The van der Waals surface area contributed by atoms with Crippen molar-refractivity contribution in [1.82, 2.24) is 0 Å². The highest BCUT2D eigenvalue weighted by Crippen LogP contribution is 2.14. The fourth-order valence-corrected chi connectivity index (χ4v) is 2.62. The van der Waals surface area contributed by atoms with E-state index in [1.165, 1.54) is 32.1 Å². The van der Waals surface area contributed by atoms with Crippen molar-refractivity contribution in [3.8, 4) is 0 Å². The molecule has 0 radical (unpaired) electrons. The molecule has 28 heavy (non-hydrogen) atoms. The number of nitrogens with two attached hydrogens (primary N) is 3. The van der Waals surface area contributed by atoms with Gasteiger partial charge in [-0.2, -0.15) is 0 Å². The van der Waals surface area contributed by atoms with E-state index < -0.39 is 12.0 Å². The van der Waals surface area contributed by atoms with Crippen LogP contribution in [0.15, 0.2) is 24.3 Å². The van der Waals surface area contributed by atoms with Gasteiger partial charge in [-0.05, 0) is 56.5 Å². The Morgan fingerprint density at radius 2 is 1.75 bits per heavy atom. The summed E-state index contributed by atoms with van der Waals surface area (Å²) in [6.45, 7) is 0.604. The SMILES string of the molecule is CN(C)c1ccc(C=O)cc1.NC1CCCCC1.NCCCCC(N)C(=O)O. The number of anilines is 1. The maximum Gasteiger partial charge on any atom is 0.320 e. The van der Waals surface area contributed by atoms with Crippen LogP contribution < -0.4 is 22.1 Å². The monoisotopic (exact) mass is 394 g/mol. The van der Waals surface area contributed by atoms with Crippen molar-refractivity contribution >= 4 is 17.9 Å². The van der Waals surface area contributed by atoms with E-state index in [0.29, 0.717) is 19.0 Å². The zero-order valence-corrected chi connectivity index (χ0v) is 17.3. The zero-order valence-electron chi connectivity index (χ0n) is 17.3. The van der Waals surface area contributed by atoms with Crippen LogP contribution in [0.2, 0.25) is 0 Å². The Hall–Kier alpha value is -1.96. The van der Waals surface area contributed by atoms with E-state index in [-0.39, 0.29) is 0 Å². The molecule has 0 spiro atoms. The van der Waals surface area contributed by atoms with Crippen molar-refractivity contribution in [3.05, 3.63) is 29.8 Å². The van der Waals surface area contributed by atoms with Crippen LogP contribution in [0.5, 0.6) is 0 Å². The van der Waals surface area contributed by atoms with Gasteiger partial charge in [0.15, 0.2) is 0 Å². The van der Waals surface area contributed by atoms with Crippen molar-refractivity contribution < 1.29 is 14.7 Å². The molecule has 160 valence electrons. The summed E-state index contributed by atoms with van der Waals surface area (Å²) in [6, 6.07) is 7.28. The number of rotatable bonds is 7.